The minimum absolute atomic E-state index is 0.528. The zero-order valence-corrected chi connectivity index (χ0v) is 9.97. The summed E-state index contributed by atoms with van der Waals surface area (Å²) in [6, 6.07) is 15.8. The molecule has 2 aromatic rings. The molecule has 0 amide bonds. The Morgan fingerprint density at radius 1 is 0.889 bits per heavy atom. The zero-order chi connectivity index (χ0) is 12.5. The van der Waals surface area contributed by atoms with E-state index in [1.165, 1.54) is 0 Å². The van der Waals surface area contributed by atoms with E-state index in [9.17, 15) is 9.90 Å². The Balaban J connectivity index is 2.24. The Hall–Kier alpha value is -2.09. The number of benzene rings is 2. The van der Waals surface area contributed by atoms with E-state index in [0.717, 1.165) is 35.1 Å². The molecule has 0 radical (unpaired) electrons. The molecule has 18 heavy (non-hydrogen) atoms. The summed E-state index contributed by atoms with van der Waals surface area (Å²) >= 11 is 0. The van der Waals surface area contributed by atoms with Crippen LogP contribution in [0.3, 0.4) is 0 Å². The van der Waals surface area contributed by atoms with Crippen LogP contribution < -0.4 is 0 Å². The molecule has 1 aliphatic carbocycles. The van der Waals surface area contributed by atoms with Gasteiger partial charge in [0.2, 0.25) is 0 Å². The van der Waals surface area contributed by atoms with Gasteiger partial charge in [-0.25, -0.2) is 0 Å². The molecular formula is C16H14O2. The highest BCUT2D eigenvalue weighted by molar-refractivity contribution is 5.82. The maximum Gasteiger partial charge on any atom is 0.315 e. The fourth-order valence-corrected chi connectivity index (χ4v) is 2.79. The Labute approximate surface area is 106 Å². The van der Waals surface area contributed by atoms with Crippen LogP contribution in [0.2, 0.25) is 0 Å². The second-order valence-electron chi connectivity index (χ2n) is 4.67. The van der Waals surface area contributed by atoms with Crippen molar-refractivity contribution >= 4 is 5.97 Å². The predicted molar refractivity (Wildman–Crippen MR) is 69.8 cm³/mol. The van der Waals surface area contributed by atoms with Gasteiger partial charge in [-0.3, -0.25) is 4.79 Å². The standard InChI is InChI=1S/C16H14O2/c17-16(18)15-13-7-3-1-5-11(13)9-10-12-6-2-4-8-14(12)15/h1-8,15H,9-10H2,(H,17,18). The lowest BCUT2D eigenvalue weighted by Gasteiger charge is -2.15. The topological polar surface area (TPSA) is 37.3 Å². The molecule has 1 N–H and O–H groups in total. The lowest BCUT2D eigenvalue weighted by molar-refractivity contribution is -0.137. The first-order chi connectivity index (χ1) is 8.77. The van der Waals surface area contributed by atoms with Gasteiger partial charge in [-0.2, -0.15) is 0 Å². The number of carbonyl (C=O) groups is 1. The Kier molecular flexibility index (Phi) is 2.63. The summed E-state index contributed by atoms with van der Waals surface area (Å²) in [5.41, 5.74) is 4.19. The normalized spacial score (nSPS) is 14.4. The minimum Gasteiger partial charge on any atom is -0.481 e. The van der Waals surface area contributed by atoms with Crippen LogP contribution >= 0.6 is 0 Å². The van der Waals surface area contributed by atoms with Crippen LogP contribution in [-0.2, 0) is 17.6 Å². The SMILES string of the molecule is O=C(O)C1c2ccccc2CCc2ccccc21. The molecule has 0 fully saturated rings. The van der Waals surface area contributed by atoms with Crippen molar-refractivity contribution in [1.29, 1.82) is 0 Å². The summed E-state index contributed by atoms with van der Waals surface area (Å²) in [6.45, 7) is 0. The highest BCUT2D eigenvalue weighted by Gasteiger charge is 2.28. The van der Waals surface area contributed by atoms with E-state index in [1.54, 1.807) is 0 Å². The molecule has 0 aromatic heterocycles. The number of rotatable bonds is 1. The van der Waals surface area contributed by atoms with Crippen molar-refractivity contribution in [2.45, 2.75) is 18.8 Å². The number of carboxylic acids is 1. The molecule has 2 nitrogen and oxygen atoms in total. The van der Waals surface area contributed by atoms with E-state index >= 15 is 0 Å². The van der Waals surface area contributed by atoms with E-state index < -0.39 is 11.9 Å². The molecule has 90 valence electrons. The van der Waals surface area contributed by atoms with E-state index in [1.807, 2.05) is 48.5 Å². The lowest BCUT2D eigenvalue weighted by Crippen LogP contribution is -2.14. The van der Waals surface area contributed by atoms with Crippen molar-refractivity contribution in [3.05, 3.63) is 70.8 Å². The summed E-state index contributed by atoms with van der Waals surface area (Å²) in [7, 11) is 0. The minimum atomic E-state index is -0.767. The van der Waals surface area contributed by atoms with Crippen LogP contribution in [0.1, 0.15) is 28.2 Å². The van der Waals surface area contributed by atoms with Crippen LogP contribution in [-0.4, -0.2) is 11.1 Å². The summed E-state index contributed by atoms with van der Waals surface area (Å²) in [5, 5.41) is 9.56. The summed E-state index contributed by atoms with van der Waals surface area (Å²) < 4.78 is 0. The van der Waals surface area contributed by atoms with Crippen LogP contribution in [0, 0.1) is 0 Å². The van der Waals surface area contributed by atoms with Gasteiger partial charge in [0.1, 0.15) is 5.92 Å². The number of hydrogen-bond acceptors (Lipinski definition) is 1. The fourth-order valence-electron chi connectivity index (χ4n) is 2.79. The van der Waals surface area contributed by atoms with Crippen molar-refractivity contribution in [1.82, 2.24) is 0 Å². The molecule has 0 bridgehead atoms. The lowest BCUT2D eigenvalue weighted by atomic mass is 9.88. The van der Waals surface area contributed by atoms with Gasteiger partial charge in [-0.1, -0.05) is 48.5 Å². The monoisotopic (exact) mass is 238 g/mol. The van der Waals surface area contributed by atoms with E-state index in [4.69, 9.17) is 0 Å². The Bertz CT molecular complexity index is 554. The third-order valence-corrected chi connectivity index (χ3v) is 3.64. The maximum atomic E-state index is 11.6. The average molecular weight is 238 g/mol. The number of aliphatic carboxylic acids is 1. The molecule has 0 unspecified atom stereocenters. The van der Waals surface area contributed by atoms with Crippen molar-refractivity contribution in [2.75, 3.05) is 0 Å². The molecule has 2 aromatic carbocycles. The quantitative estimate of drug-likeness (QED) is 0.829. The number of hydrogen-bond donors (Lipinski definition) is 1. The molecule has 1 aliphatic rings. The van der Waals surface area contributed by atoms with Crippen molar-refractivity contribution in [2.24, 2.45) is 0 Å². The first-order valence-electron chi connectivity index (χ1n) is 6.16. The second-order valence-corrected chi connectivity index (χ2v) is 4.67. The highest BCUT2D eigenvalue weighted by Crippen LogP contribution is 2.34. The molecule has 0 atom stereocenters. The smallest absolute Gasteiger partial charge is 0.315 e. The first kappa shape index (κ1) is 11.0. The Morgan fingerprint density at radius 2 is 1.33 bits per heavy atom. The number of fused-ring (bicyclic) bond motifs is 2. The van der Waals surface area contributed by atoms with Gasteiger partial charge in [0.15, 0.2) is 0 Å². The van der Waals surface area contributed by atoms with Gasteiger partial charge in [0.25, 0.3) is 0 Å². The van der Waals surface area contributed by atoms with E-state index in [0.29, 0.717) is 0 Å². The van der Waals surface area contributed by atoms with Gasteiger partial charge in [0.05, 0.1) is 0 Å². The summed E-state index contributed by atoms with van der Waals surface area (Å²) in [4.78, 5) is 11.6. The van der Waals surface area contributed by atoms with Crippen molar-refractivity contribution in [3.63, 3.8) is 0 Å². The van der Waals surface area contributed by atoms with Crippen molar-refractivity contribution in [3.8, 4) is 0 Å². The summed E-state index contributed by atoms with van der Waals surface area (Å²) in [6.07, 6.45) is 1.83. The van der Waals surface area contributed by atoms with Gasteiger partial charge < -0.3 is 5.11 Å². The van der Waals surface area contributed by atoms with Crippen LogP contribution in [0.4, 0.5) is 0 Å². The fraction of sp³-hybridized carbons (Fsp3) is 0.188. The zero-order valence-electron chi connectivity index (χ0n) is 9.97. The largest absolute Gasteiger partial charge is 0.481 e. The molecule has 0 heterocycles. The molecular weight excluding hydrogens is 224 g/mol. The number of carboxylic acid groups (broad SMARTS) is 1. The second kappa shape index (κ2) is 4.30. The Morgan fingerprint density at radius 3 is 1.78 bits per heavy atom. The average Bonchev–Trinajstić information content (AvgIpc) is 2.55. The highest BCUT2D eigenvalue weighted by atomic mass is 16.4. The molecule has 0 saturated heterocycles. The van der Waals surface area contributed by atoms with Crippen LogP contribution in [0.5, 0.6) is 0 Å². The van der Waals surface area contributed by atoms with E-state index in [-0.39, 0.29) is 0 Å². The van der Waals surface area contributed by atoms with Gasteiger partial charge >= 0.3 is 5.97 Å². The van der Waals surface area contributed by atoms with Gasteiger partial charge in [-0.05, 0) is 35.1 Å². The third-order valence-electron chi connectivity index (χ3n) is 3.64. The first-order valence-corrected chi connectivity index (χ1v) is 6.16. The third kappa shape index (κ3) is 1.70. The van der Waals surface area contributed by atoms with E-state index in [2.05, 4.69) is 0 Å². The molecule has 0 saturated carbocycles. The predicted octanol–water partition coefficient (Wildman–Crippen LogP) is 3.00. The van der Waals surface area contributed by atoms with Gasteiger partial charge in [-0.15, -0.1) is 0 Å². The van der Waals surface area contributed by atoms with Gasteiger partial charge in [0, 0.05) is 0 Å². The van der Waals surface area contributed by atoms with Crippen LogP contribution in [0.15, 0.2) is 48.5 Å². The molecule has 2 heteroatoms. The molecule has 3 rings (SSSR count). The van der Waals surface area contributed by atoms with Crippen molar-refractivity contribution < 1.29 is 9.90 Å². The number of aryl methyl sites for hydroxylation is 2. The summed E-state index contributed by atoms with van der Waals surface area (Å²) in [5.74, 6) is -1.29. The van der Waals surface area contributed by atoms with Crippen LogP contribution in [0.25, 0.3) is 0 Å². The maximum absolute atomic E-state index is 11.6. The molecule has 0 aliphatic heterocycles. The molecule has 0 spiro atoms.